The van der Waals surface area contributed by atoms with Gasteiger partial charge < -0.3 is 5.11 Å². The molecular weight excluding hydrogens is 192 g/mol. The van der Waals surface area contributed by atoms with Crippen LogP contribution in [-0.2, 0) is 0 Å². The van der Waals surface area contributed by atoms with Gasteiger partial charge in [0.25, 0.3) is 0 Å². The Hall–Kier alpha value is 0.440. The maximum atomic E-state index is 8.67. The van der Waals surface area contributed by atoms with Gasteiger partial charge in [0, 0.05) is 11.4 Å². The summed E-state index contributed by atoms with van der Waals surface area (Å²) >= 11 is 3.60. The summed E-state index contributed by atoms with van der Waals surface area (Å²) in [6, 6.07) is 0. The molecule has 0 aromatic carbocycles. The van der Waals surface area contributed by atoms with Crippen LogP contribution in [-0.4, -0.2) is 16.5 Å². The number of aliphatic hydroxyl groups is 1. The lowest BCUT2D eigenvalue weighted by Gasteiger charge is -2.24. The minimum absolute atomic E-state index is 0.373. The zero-order valence-electron chi connectivity index (χ0n) is 6.22. The van der Waals surface area contributed by atoms with Gasteiger partial charge in [-0.05, 0) is 38.0 Å². The average molecular weight is 207 g/mol. The van der Waals surface area contributed by atoms with E-state index < -0.39 is 0 Å². The molecule has 1 aliphatic carbocycles. The van der Waals surface area contributed by atoms with Crippen molar-refractivity contribution in [2.75, 3.05) is 6.61 Å². The van der Waals surface area contributed by atoms with Gasteiger partial charge in [0.15, 0.2) is 0 Å². The third-order valence-corrected chi connectivity index (χ3v) is 3.23. The maximum Gasteiger partial charge on any atom is 0.0433 e. The number of alkyl halides is 1. The molecule has 0 atom stereocenters. The minimum atomic E-state index is 0.373. The summed E-state index contributed by atoms with van der Waals surface area (Å²) in [6.45, 7) is 0.373. The molecule has 0 amide bonds. The van der Waals surface area contributed by atoms with Crippen LogP contribution in [0.25, 0.3) is 0 Å². The van der Waals surface area contributed by atoms with Gasteiger partial charge in [-0.1, -0.05) is 15.9 Å². The summed E-state index contributed by atoms with van der Waals surface area (Å²) in [5, 5.41) is 8.67. The molecule has 0 bridgehead atoms. The number of halogens is 1. The number of aliphatic hydroxyl groups excluding tert-OH is 1. The highest BCUT2D eigenvalue weighted by Crippen LogP contribution is 2.30. The second-order valence-corrected chi connectivity index (χ2v) is 4.43. The Kier molecular flexibility index (Phi) is 3.71. The first-order valence-electron chi connectivity index (χ1n) is 4.08. The van der Waals surface area contributed by atoms with Crippen molar-refractivity contribution >= 4 is 15.9 Å². The summed E-state index contributed by atoms with van der Waals surface area (Å²) in [5.74, 6) is 0.804. The summed E-state index contributed by atoms with van der Waals surface area (Å²) in [6.07, 6.45) is 6.21. The van der Waals surface area contributed by atoms with E-state index in [1.165, 1.54) is 25.7 Å². The Balaban J connectivity index is 2.13. The Labute approximate surface area is 70.9 Å². The van der Waals surface area contributed by atoms with E-state index in [-0.39, 0.29) is 0 Å². The van der Waals surface area contributed by atoms with Crippen molar-refractivity contribution in [2.45, 2.75) is 36.9 Å². The highest BCUT2D eigenvalue weighted by Gasteiger charge is 2.17. The molecule has 0 aromatic heterocycles. The lowest BCUT2D eigenvalue weighted by atomic mass is 9.87. The fourth-order valence-corrected chi connectivity index (χ4v) is 2.12. The van der Waals surface area contributed by atoms with Crippen LogP contribution in [0.3, 0.4) is 0 Å². The highest BCUT2D eigenvalue weighted by atomic mass is 79.9. The van der Waals surface area contributed by atoms with Crippen molar-refractivity contribution in [3.05, 3.63) is 0 Å². The van der Waals surface area contributed by atoms with Gasteiger partial charge in [-0.25, -0.2) is 0 Å². The first-order chi connectivity index (χ1) is 4.83. The number of hydrogen-bond acceptors (Lipinski definition) is 1. The van der Waals surface area contributed by atoms with Gasteiger partial charge in [0.2, 0.25) is 0 Å². The Morgan fingerprint density at radius 2 is 1.80 bits per heavy atom. The molecule has 0 saturated heterocycles. The Morgan fingerprint density at radius 1 is 1.20 bits per heavy atom. The van der Waals surface area contributed by atoms with Crippen molar-refractivity contribution < 1.29 is 5.11 Å². The van der Waals surface area contributed by atoms with E-state index in [9.17, 15) is 0 Å². The molecule has 1 nitrogen and oxygen atoms in total. The molecule has 0 aromatic rings. The fraction of sp³-hybridized carbons (Fsp3) is 1.00. The predicted molar refractivity (Wildman–Crippen MR) is 46.4 cm³/mol. The normalized spacial score (nSPS) is 34.2. The van der Waals surface area contributed by atoms with Crippen molar-refractivity contribution in [3.63, 3.8) is 0 Å². The van der Waals surface area contributed by atoms with Gasteiger partial charge in [-0.2, -0.15) is 0 Å². The molecule has 2 heteroatoms. The maximum absolute atomic E-state index is 8.67. The van der Waals surface area contributed by atoms with Gasteiger partial charge in [-0.15, -0.1) is 0 Å². The zero-order valence-corrected chi connectivity index (χ0v) is 7.81. The molecule has 1 fully saturated rings. The third-order valence-electron chi connectivity index (χ3n) is 2.31. The van der Waals surface area contributed by atoms with Crippen LogP contribution in [0.4, 0.5) is 0 Å². The van der Waals surface area contributed by atoms with E-state index in [1.807, 2.05) is 0 Å². The Bertz CT molecular complexity index is 87.3. The van der Waals surface area contributed by atoms with E-state index >= 15 is 0 Å². The lowest BCUT2D eigenvalue weighted by Crippen LogP contribution is -2.14. The van der Waals surface area contributed by atoms with E-state index in [1.54, 1.807) is 0 Å². The summed E-state index contributed by atoms with van der Waals surface area (Å²) < 4.78 is 0. The molecule has 1 aliphatic rings. The molecule has 0 radical (unpaired) electrons. The molecule has 1 saturated carbocycles. The highest BCUT2D eigenvalue weighted by molar-refractivity contribution is 9.09. The molecule has 0 aliphatic heterocycles. The van der Waals surface area contributed by atoms with Crippen LogP contribution < -0.4 is 0 Å². The monoisotopic (exact) mass is 206 g/mol. The predicted octanol–water partition coefficient (Wildman–Crippen LogP) is 2.32. The van der Waals surface area contributed by atoms with Gasteiger partial charge in [0.05, 0.1) is 0 Å². The molecule has 1 rings (SSSR count). The van der Waals surface area contributed by atoms with Crippen molar-refractivity contribution in [1.82, 2.24) is 0 Å². The Morgan fingerprint density at radius 3 is 2.30 bits per heavy atom. The molecule has 0 unspecified atom stereocenters. The van der Waals surface area contributed by atoms with Crippen LogP contribution >= 0.6 is 15.9 Å². The zero-order chi connectivity index (χ0) is 7.40. The quantitative estimate of drug-likeness (QED) is 0.689. The average Bonchev–Trinajstić information content (AvgIpc) is 1.95. The first-order valence-corrected chi connectivity index (χ1v) is 4.99. The third kappa shape index (κ3) is 2.59. The van der Waals surface area contributed by atoms with E-state index in [4.69, 9.17) is 5.11 Å². The standard InChI is InChI=1S/C8H15BrO/c9-8-3-1-7(2-4-8)5-6-10/h7-8,10H,1-6H2/t7-,8-. The smallest absolute Gasteiger partial charge is 0.0433 e. The lowest BCUT2D eigenvalue weighted by molar-refractivity contribution is 0.232. The SMILES string of the molecule is OCC[C@H]1CC[C@H](Br)CC1. The number of rotatable bonds is 2. The summed E-state index contributed by atoms with van der Waals surface area (Å²) in [4.78, 5) is 0.752. The van der Waals surface area contributed by atoms with Gasteiger partial charge in [-0.3, -0.25) is 0 Å². The molecule has 0 heterocycles. The molecule has 10 heavy (non-hydrogen) atoms. The van der Waals surface area contributed by atoms with Crippen LogP contribution in [0, 0.1) is 5.92 Å². The van der Waals surface area contributed by atoms with Crippen molar-refractivity contribution in [1.29, 1.82) is 0 Å². The number of hydrogen-bond donors (Lipinski definition) is 1. The van der Waals surface area contributed by atoms with Crippen LogP contribution in [0.1, 0.15) is 32.1 Å². The second kappa shape index (κ2) is 4.35. The van der Waals surface area contributed by atoms with Gasteiger partial charge >= 0.3 is 0 Å². The molecule has 0 spiro atoms. The first kappa shape index (κ1) is 8.54. The largest absolute Gasteiger partial charge is 0.396 e. The summed E-state index contributed by atoms with van der Waals surface area (Å²) in [7, 11) is 0. The van der Waals surface area contributed by atoms with Gasteiger partial charge in [0.1, 0.15) is 0 Å². The summed E-state index contributed by atoms with van der Waals surface area (Å²) in [5.41, 5.74) is 0. The fourth-order valence-electron chi connectivity index (χ4n) is 1.59. The van der Waals surface area contributed by atoms with Crippen LogP contribution in [0.15, 0.2) is 0 Å². The molecular formula is C8H15BrO. The second-order valence-electron chi connectivity index (χ2n) is 3.13. The van der Waals surface area contributed by atoms with Crippen LogP contribution in [0.2, 0.25) is 0 Å². The minimum Gasteiger partial charge on any atom is -0.396 e. The van der Waals surface area contributed by atoms with E-state index in [2.05, 4.69) is 15.9 Å². The van der Waals surface area contributed by atoms with Crippen molar-refractivity contribution in [3.8, 4) is 0 Å². The van der Waals surface area contributed by atoms with Crippen molar-refractivity contribution in [2.24, 2.45) is 5.92 Å². The topological polar surface area (TPSA) is 20.2 Å². The van der Waals surface area contributed by atoms with E-state index in [0.717, 1.165) is 17.2 Å². The van der Waals surface area contributed by atoms with Crippen LogP contribution in [0.5, 0.6) is 0 Å². The van der Waals surface area contributed by atoms with E-state index in [0.29, 0.717) is 6.61 Å². The molecule has 1 N–H and O–H groups in total. The molecule has 60 valence electrons.